The van der Waals surface area contributed by atoms with Crippen molar-refractivity contribution in [3.63, 3.8) is 0 Å². The Bertz CT molecular complexity index is 271. The van der Waals surface area contributed by atoms with E-state index in [9.17, 15) is 4.39 Å². The van der Waals surface area contributed by atoms with Gasteiger partial charge in [-0.25, -0.2) is 4.39 Å². The summed E-state index contributed by atoms with van der Waals surface area (Å²) in [6.07, 6.45) is 0.881. The summed E-state index contributed by atoms with van der Waals surface area (Å²) in [5.41, 5.74) is 7.80. The molecule has 1 unspecified atom stereocenters. The van der Waals surface area contributed by atoms with E-state index < -0.39 is 0 Å². The Morgan fingerprint density at radius 2 is 2.17 bits per heavy atom. The summed E-state index contributed by atoms with van der Waals surface area (Å²) < 4.78 is 12.7. The van der Waals surface area contributed by atoms with Crippen molar-refractivity contribution in [2.45, 2.75) is 26.3 Å². The van der Waals surface area contributed by atoms with Crippen molar-refractivity contribution in [2.24, 2.45) is 5.73 Å². The lowest BCUT2D eigenvalue weighted by atomic mass is 10.0. The molecule has 0 saturated carbocycles. The van der Waals surface area contributed by atoms with E-state index in [1.54, 1.807) is 6.07 Å². The quantitative estimate of drug-likeness (QED) is 0.719. The van der Waals surface area contributed by atoms with Crippen LogP contribution in [0.5, 0.6) is 0 Å². The first-order valence-corrected chi connectivity index (χ1v) is 4.16. The van der Waals surface area contributed by atoms with Gasteiger partial charge in [0.1, 0.15) is 5.82 Å². The van der Waals surface area contributed by atoms with E-state index in [-0.39, 0.29) is 11.9 Å². The molecule has 2 N–H and O–H groups in total. The van der Waals surface area contributed by atoms with Crippen LogP contribution < -0.4 is 5.73 Å². The average Bonchev–Trinajstić information content (AvgIpc) is 2.03. The van der Waals surface area contributed by atoms with E-state index in [2.05, 4.69) is 0 Å². The molecule has 0 bridgehead atoms. The van der Waals surface area contributed by atoms with Crippen LogP contribution in [-0.4, -0.2) is 0 Å². The largest absolute Gasteiger partial charge is 0.324 e. The molecule has 0 amide bonds. The van der Waals surface area contributed by atoms with Crippen LogP contribution in [0, 0.1) is 12.7 Å². The summed E-state index contributed by atoms with van der Waals surface area (Å²) in [6.45, 7) is 3.90. The summed E-state index contributed by atoms with van der Waals surface area (Å²) in [7, 11) is 0. The Kier molecular flexibility index (Phi) is 2.82. The second kappa shape index (κ2) is 3.68. The molecule has 1 nitrogen and oxygen atoms in total. The standard InChI is InChI=1S/C10H14FN/c1-3-10(12)9-5-4-8(11)6-7(9)2/h4-6,10H,3,12H2,1-2H3. The van der Waals surface area contributed by atoms with Crippen LogP contribution in [0.4, 0.5) is 4.39 Å². The predicted octanol–water partition coefficient (Wildman–Crippen LogP) is 2.54. The maximum absolute atomic E-state index is 12.7. The van der Waals surface area contributed by atoms with Crippen molar-refractivity contribution in [2.75, 3.05) is 0 Å². The van der Waals surface area contributed by atoms with Gasteiger partial charge in [-0.05, 0) is 36.6 Å². The predicted molar refractivity (Wildman–Crippen MR) is 48.4 cm³/mol. The number of rotatable bonds is 2. The van der Waals surface area contributed by atoms with Crippen LogP contribution in [-0.2, 0) is 0 Å². The Labute approximate surface area is 72.4 Å². The zero-order valence-corrected chi connectivity index (χ0v) is 7.47. The van der Waals surface area contributed by atoms with Gasteiger partial charge in [-0.15, -0.1) is 0 Å². The van der Waals surface area contributed by atoms with Crippen molar-refractivity contribution in [1.29, 1.82) is 0 Å². The molecule has 0 heterocycles. The van der Waals surface area contributed by atoms with Gasteiger partial charge in [0.15, 0.2) is 0 Å². The van der Waals surface area contributed by atoms with Crippen LogP contribution in [0.1, 0.15) is 30.5 Å². The molecule has 0 aliphatic rings. The normalized spacial score (nSPS) is 13.0. The molecule has 2 heteroatoms. The highest BCUT2D eigenvalue weighted by Crippen LogP contribution is 2.18. The maximum Gasteiger partial charge on any atom is 0.123 e. The fourth-order valence-electron chi connectivity index (χ4n) is 1.28. The lowest BCUT2D eigenvalue weighted by Crippen LogP contribution is -2.10. The molecule has 0 spiro atoms. The summed E-state index contributed by atoms with van der Waals surface area (Å²) in [5.74, 6) is -0.195. The van der Waals surface area contributed by atoms with Gasteiger partial charge >= 0.3 is 0 Å². The monoisotopic (exact) mass is 167 g/mol. The van der Waals surface area contributed by atoms with Crippen molar-refractivity contribution >= 4 is 0 Å². The summed E-state index contributed by atoms with van der Waals surface area (Å²) in [5, 5.41) is 0. The molecule has 66 valence electrons. The minimum Gasteiger partial charge on any atom is -0.324 e. The first-order valence-electron chi connectivity index (χ1n) is 4.16. The maximum atomic E-state index is 12.7. The molecule has 1 aromatic carbocycles. The summed E-state index contributed by atoms with van der Waals surface area (Å²) in [4.78, 5) is 0. The van der Waals surface area contributed by atoms with Gasteiger partial charge < -0.3 is 5.73 Å². The fourth-order valence-corrected chi connectivity index (χ4v) is 1.28. The highest BCUT2D eigenvalue weighted by atomic mass is 19.1. The van der Waals surface area contributed by atoms with Gasteiger partial charge in [-0.3, -0.25) is 0 Å². The van der Waals surface area contributed by atoms with Crippen molar-refractivity contribution in [3.8, 4) is 0 Å². The second-order valence-electron chi connectivity index (χ2n) is 3.02. The molecule has 0 saturated heterocycles. The van der Waals surface area contributed by atoms with Gasteiger partial charge in [0.25, 0.3) is 0 Å². The first-order chi connectivity index (χ1) is 5.65. The third-order valence-corrected chi connectivity index (χ3v) is 2.07. The van der Waals surface area contributed by atoms with E-state index in [0.717, 1.165) is 17.5 Å². The van der Waals surface area contributed by atoms with Crippen molar-refractivity contribution in [1.82, 2.24) is 0 Å². The number of halogens is 1. The van der Waals surface area contributed by atoms with Gasteiger partial charge in [-0.1, -0.05) is 13.0 Å². The van der Waals surface area contributed by atoms with Gasteiger partial charge in [0.05, 0.1) is 0 Å². The Hall–Kier alpha value is -0.890. The van der Waals surface area contributed by atoms with Crippen LogP contribution in [0.15, 0.2) is 18.2 Å². The third kappa shape index (κ3) is 1.83. The molecular weight excluding hydrogens is 153 g/mol. The summed E-state index contributed by atoms with van der Waals surface area (Å²) in [6, 6.07) is 4.77. The Balaban J connectivity index is 3.01. The van der Waals surface area contributed by atoms with Gasteiger partial charge in [0, 0.05) is 6.04 Å². The molecule has 0 aromatic heterocycles. The highest BCUT2D eigenvalue weighted by molar-refractivity contribution is 5.29. The minimum atomic E-state index is -0.195. The summed E-state index contributed by atoms with van der Waals surface area (Å²) >= 11 is 0. The number of nitrogens with two attached hydrogens (primary N) is 1. The zero-order chi connectivity index (χ0) is 9.14. The molecule has 0 aliphatic carbocycles. The lowest BCUT2D eigenvalue weighted by Gasteiger charge is -2.11. The van der Waals surface area contributed by atoms with Crippen LogP contribution in [0.3, 0.4) is 0 Å². The molecule has 12 heavy (non-hydrogen) atoms. The molecule has 0 fully saturated rings. The van der Waals surface area contributed by atoms with Crippen molar-refractivity contribution < 1.29 is 4.39 Å². The van der Waals surface area contributed by atoms with Crippen LogP contribution in [0.2, 0.25) is 0 Å². The second-order valence-corrected chi connectivity index (χ2v) is 3.02. The Morgan fingerprint density at radius 1 is 1.50 bits per heavy atom. The van der Waals surface area contributed by atoms with Gasteiger partial charge in [0.2, 0.25) is 0 Å². The molecule has 1 rings (SSSR count). The lowest BCUT2D eigenvalue weighted by molar-refractivity contribution is 0.621. The molecule has 1 atom stereocenters. The Morgan fingerprint density at radius 3 is 2.67 bits per heavy atom. The van der Waals surface area contributed by atoms with Crippen molar-refractivity contribution in [3.05, 3.63) is 35.1 Å². The van der Waals surface area contributed by atoms with E-state index in [1.807, 2.05) is 13.8 Å². The van der Waals surface area contributed by atoms with E-state index in [0.29, 0.717) is 0 Å². The molecule has 0 aliphatic heterocycles. The third-order valence-electron chi connectivity index (χ3n) is 2.07. The first kappa shape index (κ1) is 9.20. The molecule has 1 aromatic rings. The zero-order valence-electron chi connectivity index (χ0n) is 7.47. The smallest absolute Gasteiger partial charge is 0.123 e. The highest BCUT2D eigenvalue weighted by Gasteiger charge is 2.06. The topological polar surface area (TPSA) is 26.0 Å². The number of benzene rings is 1. The van der Waals surface area contributed by atoms with Crippen LogP contribution >= 0.6 is 0 Å². The average molecular weight is 167 g/mol. The van der Waals surface area contributed by atoms with E-state index in [4.69, 9.17) is 5.73 Å². The van der Waals surface area contributed by atoms with E-state index in [1.165, 1.54) is 12.1 Å². The minimum absolute atomic E-state index is 0.0330. The van der Waals surface area contributed by atoms with E-state index >= 15 is 0 Å². The molecule has 0 radical (unpaired) electrons. The number of hydrogen-bond acceptors (Lipinski definition) is 1. The molecular formula is C10H14FN. The van der Waals surface area contributed by atoms with Gasteiger partial charge in [-0.2, -0.15) is 0 Å². The SMILES string of the molecule is CCC(N)c1ccc(F)cc1C. The number of hydrogen-bond donors (Lipinski definition) is 1. The van der Waals surface area contributed by atoms with Crippen LogP contribution in [0.25, 0.3) is 0 Å². The fraction of sp³-hybridized carbons (Fsp3) is 0.400. The number of aryl methyl sites for hydroxylation is 1.